The van der Waals surface area contributed by atoms with Gasteiger partial charge in [0.1, 0.15) is 0 Å². The van der Waals surface area contributed by atoms with Crippen LogP contribution in [0.25, 0.3) is 0 Å². The van der Waals surface area contributed by atoms with Gasteiger partial charge in [-0.25, -0.2) is 8.42 Å². The monoisotopic (exact) mass is 438 g/mol. The van der Waals surface area contributed by atoms with E-state index >= 15 is 0 Å². The molecule has 1 N–H and O–H groups in total. The number of methoxy groups -OCH3 is 1. The van der Waals surface area contributed by atoms with Crippen molar-refractivity contribution in [1.29, 1.82) is 0 Å². The van der Waals surface area contributed by atoms with E-state index in [9.17, 15) is 8.42 Å². The fourth-order valence-corrected chi connectivity index (χ4v) is 5.44. The number of sulfonamides is 1. The van der Waals surface area contributed by atoms with Crippen LogP contribution in [-0.4, -0.2) is 83.7 Å². The average molecular weight is 439 g/mol. The number of likely N-dealkylation sites (tertiary alicyclic amines) is 1. The molecule has 0 bridgehead atoms. The first-order valence-corrected chi connectivity index (χ1v) is 12.1. The van der Waals surface area contributed by atoms with Crippen LogP contribution >= 0.6 is 0 Å². The van der Waals surface area contributed by atoms with Gasteiger partial charge in [-0.3, -0.25) is 4.99 Å². The summed E-state index contributed by atoms with van der Waals surface area (Å²) in [4.78, 5) is 7.02. The second-order valence-electron chi connectivity index (χ2n) is 7.82. The summed E-state index contributed by atoms with van der Waals surface area (Å²) in [5.74, 6) is 1.36. The molecule has 30 heavy (non-hydrogen) atoms. The van der Waals surface area contributed by atoms with Crippen molar-refractivity contribution in [2.45, 2.75) is 30.7 Å². The normalized spacial score (nSPS) is 20.8. The van der Waals surface area contributed by atoms with E-state index in [4.69, 9.17) is 9.47 Å². The highest BCUT2D eigenvalue weighted by atomic mass is 32.2. The first kappa shape index (κ1) is 23.0. The number of hydrogen-bond donors (Lipinski definition) is 1. The number of aliphatic imine (C=N–C) groups is 1. The van der Waals surface area contributed by atoms with Crippen molar-refractivity contribution in [2.24, 2.45) is 10.9 Å². The van der Waals surface area contributed by atoms with Crippen LogP contribution in [0.3, 0.4) is 0 Å². The second kappa shape index (κ2) is 11.1. The van der Waals surface area contributed by atoms with Gasteiger partial charge in [-0.2, -0.15) is 4.31 Å². The van der Waals surface area contributed by atoms with Crippen LogP contribution in [0.1, 0.15) is 24.8 Å². The van der Waals surface area contributed by atoms with Crippen molar-refractivity contribution in [3.05, 3.63) is 29.8 Å². The van der Waals surface area contributed by atoms with Gasteiger partial charge < -0.3 is 19.7 Å². The lowest BCUT2D eigenvalue weighted by Crippen LogP contribution is -2.39. The Morgan fingerprint density at radius 1 is 1.17 bits per heavy atom. The van der Waals surface area contributed by atoms with E-state index in [1.54, 1.807) is 30.6 Å². The molecule has 0 amide bonds. The maximum Gasteiger partial charge on any atom is 0.243 e. The molecule has 168 valence electrons. The molecule has 0 radical (unpaired) electrons. The standard InChI is InChI=1S/C21H34N4O4S/c1-22-21(24-12-9-19(16-24)17-29-14-13-28-2)23-15-18-5-7-20(8-6-18)30(26,27)25-10-3-4-11-25/h5-8,19H,3-4,9-17H2,1-2H3,(H,22,23). The molecule has 0 saturated carbocycles. The SMILES string of the molecule is CN=C(NCc1ccc(S(=O)(=O)N2CCCC2)cc1)N1CCC(COCCOC)C1. The fraction of sp³-hybridized carbons (Fsp3) is 0.667. The summed E-state index contributed by atoms with van der Waals surface area (Å²) in [5.41, 5.74) is 1.02. The Morgan fingerprint density at radius 2 is 1.90 bits per heavy atom. The van der Waals surface area contributed by atoms with Gasteiger partial charge >= 0.3 is 0 Å². The molecule has 2 fully saturated rings. The molecule has 2 aliphatic heterocycles. The third-order valence-electron chi connectivity index (χ3n) is 5.66. The maximum atomic E-state index is 12.6. The number of nitrogens with zero attached hydrogens (tertiary/aromatic N) is 3. The van der Waals surface area contributed by atoms with E-state index in [1.165, 1.54) is 0 Å². The summed E-state index contributed by atoms with van der Waals surface area (Å²) < 4.78 is 37.5. The predicted molar refractivity (Wildman–Crippen MR) is 117 cm³/mol. The Kier molecular flexibility index (Phi) is 8.50. The molecule has 0 aliphatic carbocycles. The minimum absolute atomic E-state index is 0.369. The van der Waals surface area contributed by atoms with E-state index < -0.39 is 10.0 Å². The lowest BCUT2D eigenvalue weighted by Gasteiger charge is -2.22. The molecule has 3 rings (SSSR count). The van der Waals surface area contributed by atoms with Gasteiger partial charge in [0, 0.05) is 52.8 Å². The summed E-state index contributed by atoms with van der Waals surface area (Å²) in [7, 11) is 0.104. The topological polar surface area (TPSA) is 83.5 Å². The van der Waals surface area contributed by atoms with Crippen LogP contribution in [0.2, 0.25) is 0 Å². The summed E-state index contributed by atoms with van der Waals surface area (Å²) >= 11 is 0. The second-order valence-corrected chi connectivity index (χ2v) is 9.76. The lowest BCUT2D eigenvalue weighted by atomic mass is 10.1. The van der Waals surface area contributed by atoms with Crippen molar-refractivity contribution >= 4 is 16.0 Å². The number of ether oxygens (including phenoxy) is 2. The highest BCUT2D eigenvalue weighted by molar-refractivity contribution is 7.89. The predicted octanol–water partition coefficient (Wildman–Crippen LogP) is 1.53. The molecular weight excluding hydrogens is 404 g/mol. The van der Waals surface area contributed by atoms with Crippen molar-refractivity contribution in [1.82, 2.24) is 14.5 Å². The maximum absolute atomic E-state index is 12.6. The number of benzene rings is 1. The molecule has 2 heterocycles. The van der Waals surface area contributed by atoms with Crippen LogP contribution in [0.15, 0.2) is 34.2 Å². The zero-order chi connectivity index (χ0) is 21.4. The summed E-state index contributed by atoms with van der Waals surface area (Å²) in [6.07, 6.45) is 2.96. The molecule has 8 nitrogen and oxygen atoms in total. The Hall–Kier alpha value is -1.68. The van der Waals surface area contributed by atoms with E-state index in [-0.39, 0.29) is 0 Å². The molecule has 1 aromatic rings. The van der Waals surface area contributed by atoms with Crippen LogP contribution < -0.4 is 5.32 Å². The summed E-state index contributed by atoms with van der Waals surface area (Å²) in [6.45, 7) is 5.70. The lowest BCUT2D eigenvalue weighted by molar-refractivity contribution is 0.0536. The summed E-state index contributed by atoms with van der Waals surface area (Å²) in [6, 6.07) is 7.16. The third-order valence-corrected chi connectivity index (χ3v) is 7.57. The van der Waals surface area contributed by atoms with Gasteiger partial charge in [-0.1, -0.05) is 12.1 Å². The molecule has 2 aliphatic rings. The van der Waals surface area contributed by atoms with Gasteiger partial charge in [0.25, 0.3) is 0 Å². The van der Waals surface area contributed by atoms with Gasteiger partial charge in [-0.15, -0.1) is 0 Å². The molecule has 2 saturated heterocycles. The zero-order valence-electron chi connectivity index (χ0n) is 18.0. The smallest absolute Gasteiger partial charge is 0.243 e. The van der Waals surface area contributed by atoms with Gasteiger partial charge in [-0.05, 0) is 37.0 Å². The van der Waals surface area contributed by atoms with Crippen molar-refractivity contribution in [3.8, 4) is 0 Å². The van der Waals surface area contributed by atoms with E-state index in [2.05, 4.69) is 15.2 Å². The van der Waals surface area contributed by atoms with Crippen LogP contribution in [-0.2, 0) is 26.0 Å². The van der Waals surface area contributed by atoms with Crippen molar-refractivity contribution < 1.29 is 17.9 Å². The van der Waals surface area contributed by atoms with Gasteiger partial charge in [0.2, 0.25) is 10.0 Å². The minimum Gasteiger partial charge on any atom is -0.382 e. The zero-order valence-corrected chi connectivity index (χ0v) is 18.9. The Labute approximate surface area is 180 Å². The van der Waals surface area contributed by atoms with Gasteiger partial charge in [0.15, 0.2) is 5.96 Å². The van der Waals surface area contributed by atoms with Gasteiger partial charge in [0.05, 0.1) is 24.7 Å². The number of hydrogen-bond acceptors (Lipinski definition) is 5. The van der Waals surface area contributed by atoms with E-state index in [1.807, 2.05) is 12.1 Å². The van der Waals surface area contributed by atoms with E-state index in [0.717, 1.165) is 50.5 Å². The number of rotatable bonds is 9. The largest absolute Gasteiger partial charge is 0.382 e. The van der Waals surface area contributed by atoms with E-state index in [0.29, 0.717) is 43.7 Å². The minimum atomic E-state index is -3.36. The number of nitrogens with one attached hydrogen (secondary N) is 1. The quantitative estimate of drug-likeness (QED) is 0.358. The highest BCUT2D eigenvalue weighted by Crippen LogP contribution is 2.21. The highest BCUT2D eigenvalue weighted by Gasteiger charge is 2.27. The first-order chi connectivity index (χ1) is 14.5. The van der Waals surface area contributed by atoms with Crippen molar-refractivity contribution in [3.63, 3.8) is 0 Å². The van der Waals surface area contributed by atoms with Crippen LogP contribution in [0.4, 0.5) is 0 Å². The molecule has 1 atom stereocenters. The Morgan fingerprint density at radius 3 is 2.57 bits per heavy atom. The third kappa shape index (κ3) is 5.94. The first-order valence-electron chi connectivity index (χ1n) is 10.7. The molecule has 0 spiro atoms. The molecule has 0 aromatic heterocycles. The van der Waals surface area contributed by atoms with Crippen LogP contribution in [0.5, 0.6) is 0 Å². The fourth-order valence-electron chi connectivity index (χ4n) is 3.92. The van der Waals surface area contributed by atoms with Crippen LogP contribution in [0, 0.1) is 5.92 Å². The molecule has 9 heteroatoms. The molecular formula is C21H34N4O4S. The summed E-state index contributed by atoms with van der Waals surface area (Å²) in [5, 5.41) is 3.39. The average Bonchev–Trinajstić information content (AvgIpc) is 3.45. The van der Waals surface area contributed by atoms with Crippen molar-refractivity contribution in [2.75, 3.05) is 60.2 Å². The molecule has 1 aromatic carbocycles. The molecule has 1 unspecified atom stereocenters. The Bertz CT molecular complexity index is 792. The Balaban J connectivity index is 1.48. The number of guanidine groups is 1.